The van der Waals surface area contributed by atoms with Crippen LogP contribution < -0.4 is 14.9 Å². The zero-order chi connectivity index (χ0) is 17.1. The SMILES string of the molecule is C/C(=N\NC(=O)c1ccc2c(c1)OCCO2)c1cc(O)ccc1O. The molecule has 0 spiro atoms. The second-order valence-electron chi connectivity index (χ2n) is 5.20. The van der Waals surface area contributed by atoms with Crippen LogP contribution >= 0.6 is 0 Å². The molecule has 2 aromatic carbocycles. The Morgan fingerprint density at radius 2 is 1.83 bits per heavy atom. The molecular formula is C17H16N2O5. The van der Waals surface area contributed by atoms with Gasteiger partial charge in [-0.25, -0.2) is 5.43 Å². The molecule has 0 atom stereocenters. The minimum Gasteiger partial charge on any atom is -0.508 e. The lowest BCUT2D eigenvalue weighted by molar-refractivity contribution is 0.0953. The van der Waals surface area contributed by atoms with Gasteiger partial charge in [0.05, 0.1) is 5.71 Å². The Labute approximate surface area is 138 Å². The summed E-state index contributed by atoms with van der Waals surface area (Å²) in [5.74, 6) is 0.645. The van der Waals surface area contributed by atoms with Gasteiger partial charge in [0.1, 0.15) is 24.7 Å². The second kappa shape index (κ2) is 6.49. The number of phenols is 2. The fourth-order valence-corrected chi connectivity index (χ4v) is 2.26. The summed E-state index contributed by atoms with van der Waals surface area (Å²) in [5.41, 5.74) is 3.47. The Bertz CT molecular complexity index is 817. The van der Waals surface area contributed by atoms with Gasteiger partial charge in [-0.2, -0.15) is 5.10 Å². The number of nitrogens with one attached hydrogen (secondary N) is 1. The summed E-state index contributed by atoms with van der Waals surface area (Å²) in [7, 11) is 0. The van der Waals surface area contributed by atoms with Crippen LogP contribution in [0.5, 0.6) is 23.0 Å². The molecule has 1 heterocycles. The van der Waals surface area contributed by atoms with Gasteiger partial charge in [-0.1, -0.05) is 0 Å². The van der Waals surface area contributed by atoms with Gasteiger partial charge in [-0.3, -0.25) is 4.79 Å². The smallest absolute Gasteiger partial charge is 0.271 e. The van der Waals surface area contributed by atoms with Crippen LogP contribution in [0.2, 0.25) is 0 Å². The summed E-state index contributed by atoms with van der Waals surface area (Å²) < 4.78 is 10.8. The molecule has 0 fully saturated rings. The van der Waals surface area contributed by atoms with Crippen molar-refractivity contribution in [2.45, 2.75) is 6.92 Å². The van der Waals surface area contributed by atoms with E-state index in [4.69, 9.17) is 9.47 Å². The first-order chi connectivity index (χ1) is 11.5. The van der Waals surface area contributed by atoms with E-state index in [1.165, 1.54) is 18.2 Å². The molecule has 0 saturated carbocycles. The van der Waals surface area contributed by atoms with Crippen LogP contribution in [0.15, 0.2) is 41.5 Å². The minimum atomic E-state index is -0.425. The molecule has 0 radical (unpaired) electrons. The average Bonchev–Trinajstić information content (AvgIpc) is 2.61. The number of hydrogen-bond acceptors (Lipinski definition) is 6. The van der Waals surface area contributed by atoms with Gasteiger partial charge in [-0.15, -0.1) is 0 Å². The number of fused-ring (bicyclic) bond motifs is 1. The number of phenolic OH excluding ortho intramolecular Hbond substituents is 2. The van der Waals surface area contributed by atoms with E-state index in [1.807, 2.05) is 0 Å². The van der Waals surface area contributed by atoms with E-state index in [0.29, 0.717) is 41.6 Å². The highest BCUT2D eigenvalue weighted by Crippen LogP contribution is 2.30. The van der Waals surface area contributed by atoms with Crippen LogP contribution in [0, 0.1) is 0 Å². The first-order valence-electron chi connectivity index (χ1n) is 7.31. The average molecular weight is 328 g/mol. The molecule has 1 amide bonds. The van der Waals surface area contributed by atoms with Crippen LogP contribution in [0.25, 0.3) is 0 Å². The second-order valence-corrected chi connectivity index (χ2v) is 5.20. The first kappa shape index (κ1) is 15.7. The van der Waals surface area contributed by atoms with E-state index >= 15 is 0 Å². The van der Waals surface area contributed by atoms with Gasteiger partial charge >= 0.3 is 0 Å². The van der Waals surface area contributed by atoms with Crippen molar-refractivity contribution < 1.29 is 24.5 Å². The van der Waals surface area contributed by atoms with Crippen molar-refractivity contribution in [1.82, 2.24) is 5.43 Å². The Morgan fingerprint density at radius 1 is 1.08 bits per heavy atom. The van der Waals surface area contributed by atoms with E-state index in [-0.39, 0.29) is 11.5 Å². The molecule has 0 aliphatic carbocycles. The molecule has 7 heteroatoms. The van der Waals surface area contributed by atoms with Gasteiger partial charge in [0.2, 0.25) is 0 Å². The van der Waals surface area contributed by atoms with Crippen LogP contribution in [0.1, 0.15) is 22.8 Å². The third-order valence-electron chi connectivity index (χ3n) is 3.50. The van der Waals surface area contributed by atoms with Crippen LogP contribution in [0.3, 0.4) is 0 Å². The van der Waals surface area contributed by atoms with Crippen molar-refractivity contribution in [3.05, 3.63) is 47.5 Å². The van der Waals surface area contributed by atoms with Crippen molar-refractivity contribution in [2.75, 3.05) is 13.2 Å². The fraction of sp³-hybridized carbons (Fsp3) is 0.176. The molecule has 0 saturated heterocycles. The molecule has 3 rings (SSSR count). The standard InChI is InChI=1S/C17H16N2O5/c1-10(13-9-12(20)3-4-14(13)21)18-19-17(22)11-2-5-15-16(8-11)24-7-6-23-15/h2-5,8-9,20-21H,6-7H2,1H3,(H,19,22)/b18-10+. The maximum Gasteiger partial charge on any atom is 0.271 e. The van der Waals surface area contributed by atoms with Crippen LogP contribution in [0.4, 0.5) is 0 Å². The van der Waals surface area contributed by atoms with E-state index < -0.39 is 5.91 Å². The quantitative estimate of drug-likeness (QED) is 0.455. The lowest BCUT2D eigenvalue weighted by Gasteiger charge is -2.18. The molecule has 24 heavy (non-hydrogen) atoms. The number of nitrogens with zero attached hydrogens (tertiary/aromatic N) is 1. The van der Waals surface area contributed by atoms with E-state index in [0.717, 1.165) is 0 Å². The molecular weight excluding hydrogens is 312 g/mol. The highest BCUT2D eigenvalue weighted by molar-refractivity contribution is 6.03. The summed E-state index contributed by atoms with van der Waals surface area (Å²) >= 11 is 0. The van der Waals surface area contributed by atoms with Crippen molar-refractivity contribution in [1.29, 1.82) is 0 Å². The highest BCUT2D eigenvalue weighted by atomic mass is 16.6. The molecule has 1 aliphatic heterocycles. The Balaban J connectivity index is 1.76. The topological polar surface area (TPSA) is 100 Å². The highest BCUT2D eigenvalue weighted by Gasteiger charge is 2.15. The number of benzene rings is 2. The van der Waals surface area contributed by atoms with Crippen LogP contribution in [-0.2, 0) is 0 Å². The summed E-state index contributed by atoms with van der Waals surface area (Å²) in [6, 6.07) is 8.94. The summed E-state index contributed by atoms with van der Waals surface area (Å²) in [6.45, 7) is 2.53. The third kappa shape index (κ3) is 3.24. The zero-order valence-electron chi connectivity index (χ0n) is 12.9. The number of hydrazone groups is 1. The van der Waals surface area contributed by atoms with Crippen molar-refractivity contribution in [2.24, 2.45) is 5.10 Å². The van der Waals surface area contributed by atoms with E-state index in [2.05, 4.69) is 10.5 Å². The van der Waals surface area contributed by atoms with Crippen molar-refractivity contribution in [3.8, 4) is 23.0 Å². The maximum absolute atomic E-state index is 12.2. The molecule has 0 bridgehead atoms. The number of amides is 1. The largest absolute Gasteiger partial charge is 0.508 e. The Morgan fingerprint density at radius 3 is 2.62 bits per heavy atom. The Hall–Kier alpha value is -3.22. The summed E-state index contributed by atoms with van der Waals surface area (Å²) in [4.78, 5) is 12.2. The van der Waals surface area contributed by atoms with E-state index in [9.17, 15) is 15.0 Å². The number of carbonyl (C=O) groups is 1. The number of ether oxygens (including phenoxy) is 2. The third-order valence-corrected chi connectivity index (χ3v) is 3.50. The van der Waals surface area contributed by atoms with Crippen molar-refractivity contribution in [3.63, 3.8) is 0 Å². The Kier molecular flexibility index (Phi) is 4.24. The molecule has 2 aromatic rings. The summed E-state index contributed by atoms with van der Waals surface area (Å²) in [5, 5.41) is 23.2. The van der Waals surface area contributed by atoms with Crippen molar-refractivity contribution >= 4 is 11.6 Å². The lowest BCUT2D eigenvalue weighted by Crippen LogP contribution is -2.20. The molecule has 0 unspecified atom stereocenters. The van der Waals surface area contributed by atoms with Gasteiger partial charge in [0.15, 0.2) is 11.5 Å². The summed E-state index contributed by atoms with van der Waals surface area (Å²) in [6.07, 6.45) is 0. The van der Waals surface area contributed by atoms with E-state index in [1.54, 1.807) is 25.1 Å². The molecule has 0 aromatic heterocycles. The molecule has 124 valence electrons. The number of hydrogen-bond donors (Lipinski definition) is 3. The normalized spacial score (nSPS) is 13.5. The minimum absolute atomic E-state index is 0.00416. The zero-order valence-corrected chi connectivity index (χ0v) is 12.9. The predicted molar refractivity (Wildman–Crippen MR) is 86.9 cm³/mol. The first-order valence-corrected chi connectivity index (χ1v) is 7.31. The fourth-order valence-electron chi connectivity index (χ4n) is 2.26. The molecule has 1 aliphatic rings. The van der Waals surface area contributed by atoms with Gasteiger partial charge in [-0.05, 0) is 43.3 Å². The van der Waals surface area contributed by atoms with Gasteiger partial charge in [0.25, 0.3) is 5.91 Å². The molecule has 7 nitrogen and oxygen atoms in total. The van der Waals surface area contributed by atoms with Crippen LogP contribution in [-0.4, -0.2) is 35.0 Å². The van der Waals surface area contributed by atoms with Gasteiger partial charge < -0.3 is 19.7 Å². The monoisotopic (exact) mass is 328 g/mol. The number of rotatable bonds is 3. The predicted octanol–water partition coefficient (Wildman–Crippen LogP) is 2.02. The maximum atomic E-state index is 12.2. The number of aromatic hydroxyl groups is 2. The number of carbonyl (C=O) groups excluding carboxylic acids is 1. The molecule has 3 N–H and O–H groups in total. The lowest BCUT2D eigenvalue weighted by atomic mass is 10.1. The van der Waals surface area contributed by atoms with Gasteiger partial charge in [0, 0.05) is 11.1 Å².